The fraction of sp³-hybridized carbons (Fsp3) is 0.381. The van der Waals surface area contributed by atoms with Gasteiger partial charge >= 0.3 is 0 Å². The summed E-state index contributed by atoms with van der Waals surface area (Å²) >= 11 is 5.80. The maximum Gasteiger partial charge on any atom is 0.241 e. The smallest absolute Gasteiger partial charge is 0.241 e. The minimum absolute atomic E-state index is 0.0528. The first-order valence-corrected chi connectivity index (χ1v) is 11.5. The van der Waals surface area contributed by atoms with Gasteiger partial charge in [-0.1, -0.05) is 41.9 Å². The van der Waals surface area contributed by atoms with E-state index in [0.717, 1.165) is 32.5 Å². The molecule has 0 spiro atoms. The number of hydrogen-bond acceptors (Lipinski definition) is 4. The molecule has 2 aromatic carbocycles. The van der Waals surface area contributed by atoms with E-state index in [2.05, 4.69) is 27.1 Å². The predicted molar refractivity (Wildman–Crippen MR) is 114 cm³/mol. The number of hydrogen-bond donors (Lipinski definition) is 2. The van der Waals surface area contributed by atoms with Gasteiger partial charge in [0, 0.05) is 30.7 Å². The summed E-state index contributed by atoms with van der Waals surface area (Å²) < 4.78 is 27.3. The van der Waals surface area contributed by atoms with Crippen LogP contribution in [-0.2, 0) is 21.4 Å². The maximum absolute atomic E-state index is 12.5. The third-order valence-electron chi connectivity index (χ3n) is 5.03. The molecule has 1 heterocycles. The van der Waals surface area contributed by atoms with Crippen molar-refractivity contribution in [3.05, 3.63) is 65.2 Å². The molecular weight excluding hydrogens is 410 g/mol. The minimum atomic E-state index is -3.78. The van der Waals surface area contributed by atoms with Gasteiger partial charge in [0.15, 0.2) is 0 Å². The first-order chi connectivity index (χ1) is 13.8. The number of nitrogens with zero attached hydrogens (tertiary/aromatic N) is 1. The van der Waals surface area contributed by atoms with Crippen molar-refractivity contribution in [2.45, 2.75) is 43.3 Å². The van der Waals surface area contributed by atoms with E-state index in [-0.39, 0.29) is 16.8 Å². The lowest BCUT2D eigenvalue weighted by Gasteiger charge is -2.33. The topological polar surface area (TPSA) is 78.5 Å². The zero-order chi connectivity index (χ0) is 20.9. The molecule has 6 nitrogen and oxygen atoms in total. The molecule has 0 aliphatic carbocycles. The Morgan fingerprint density at radius 2 is 1.72 bits per heavy atom. The van der Waals surface area contributed by atoms with Crippen LogP contribution in [0.25, 0.3) is 0 Å². The lowest BCUT2D eigenvalue weighted by Crippen LogP contribution is -2.50. The first-order valence-electron chi connectivity index (χ1n) is 9.68. The monoisotopic (exact) mass is 435 g/mol. The lowest BCUT2D eigenvalue weighted by molar-refractivity contribution is -0.123. The van der Waals surface area contributed by atoms with Gasteiger partial charge in [-0.05, 0) is 49.6 Å². The number of rotatable bonds is 7. The summed E-state index contributed by atoms with van der Waals surface area (Å²) in [6.07, 6.45) is 1.68. The molecule has 1 saturated heterocycles. The Hall–Kier alpha value is -1.93. The normalized spacial score (nSPS) is 17.0. The molecule has 0 aromatic heterocycles. The second-order valence-corrected chi connectivity index (χ2v) is 9.49. The van der Waals surface area contributed by atoms with Crippen LogP contribution in [0.5, 0.6) is 0 Å². The number of sulfonamides is 1. The summed E-state index contributed by atoms with van der Waals surface area (Å²) in [5.74, 6) is -0.316. The van der Waals surface area contributed by atoms with Crippen molar-refractivity contribution < 1.29 is 13.2 Å². The first kappa shape index (κ1) is 21.8. The second-order valence-electron chi connectivity index (χ2n) is 7.34. The molecule has 1 fully saturated rings. The Bertz CT molecular complexity index is 912. The molecule has 1 aliphatic heterocycles. The van der Waals surface area contributed by atoms with Crippen molar-refractivity contribution >= 4 is 27.5 Å². The molecule has 0 bridgehead atoms. The van der Waals surface area contributed by atoms with Gasteiger partial charge in [-0.25, -0.2) is 8.42 Å². The minimum Gasteiger partial charge on any atom is -0.352 e. The molecule has 0 saturated carbocycles. The number of piperidine rings is 1. The third-order valence-corrected chi connectivity index (χ3v) is 6.84. The number of carbonyl (C=O) groups is 1. The van der Waals surface area contributed by atoms with Gasteiger partial charge in [-0.15, -0.1) is 0 Å². The van der Waals surface area contributed by atoms with Gasteiger partial charge in [0.1, 0.15) is 0 Å². The summed E-state index contributed by atoms with van der Waals surface area (Å²) in [4.78, 5) is 14.9. The van der Waals surface area contributed by atoms with E-state index in [9.17, 15) is 13.2 Å². The zero-order valence-electron chi connectivity index (χ0n) is 16.3. The van der Waals surface area contributed by atoms with Gasteiger partial charge in [0.05, 0.1) is 10.9 Å². The van der Waals surface area contributed by atoms with E-state index in [4.69, 9.17) is 11.6 Å². The molecule has 0 unspecified atom stereocenters. The Kier molecular flexibility index (Phi) is 7.29. The van der Waals surface area contributed by atoms with Crippen molar-refractivity contribution in [3.63, 3.8) is 0 Å². The number of nitrogens with one attached hydrogen (secondary N) is 2. The number of amides is 1. The highest BCUT2D eigenvalue weighted by molar-refractivity contribution is 7.89. The second kappa shape index (κ2) is 9.71. The fourth-order valence-corrected chi connectivity index (χ4v) is 4.70. The van der Waals surface area contributed by atoms with Gasteiger partial charge in [0.2, 0.25) is 15.9 Å². The molecule has 1 aliphatic rings. The van der Waals surface area contributed by atoms with E-state index in [1.807, 2.05) is 18.2 Å². The predicted octanol–water partition coefficient (Wildman–Crippen LogP) is 2.79. The van der Waals surface area contributed by atoms with Gasteiger partial charge in [-0.3, -0.25) is 9.69 Å². The van der Waals surface area contributed by atoms with Crippen LogP contribution in [0.1, 0.15) is 25.3 Å². The number of carbonyl (C=O) groups excluding carboxylic acids is 1. The third kappa shape index (κ3) is 6.27. The maximum atomic E-state index is 12.5. The summed E-state index contributed by atoms with van der Waals surface area (Å²) in [5, 5.41) is 3.42. The summed E-state index contributed by atoms with van der Waals surface area (Å²) in [7, 11) is -3.78. The molecular formula is C21H26ClN3O3S. The Labute approximate surface area is 177 Å². The average Bonchev–Trinajstić information content (AvgIpc) is 2.70. The van der Waals surface area contributed by atoms with Crippen LogP contribution >= 0.6 is 11.6 Å². The summed E-state index contributed by atoms with van der Waals surface area (Å²) in [5.41, 5.74) is 1.28. The molecule has 1 atom stereocenters. The summed E-state index contributed by atoms with van der Waals surface area (Å²) in [6, 6.07) is 15.3. The molecule has 2 N–H and O–H groups in total. The molecule has 8 heteroatoms. The van der Waals surface area contributed by atoms with Crippen LogP contribution in [-0.4, -0.2) is 44.4 Å². The highest BCUT2D eigenvalue weighted by Crippen LogP contribution is 2.16. The highest BCUT2D eigenvalue weighted by atomic mass is 35.5. The van der Waals surface area contributed by atoms with Gasteiger partial charge < -0.3 is 5.32 Å². The molecule has 0 radical (unpaired) electrons. The van der Waals surface area contributed by atoms with Gasteiger partial charge in [0.25, 0.3) is 0 Å². The van der Waals surface area contributed by atoms with E-state index >= 15 is 0 Å². The SMILES string of the molecule is C[C@H](NS(=O)(=O)c1ccc(Cl)cc1)C(=O)NC1CCN(Cc2ccccc2)CC1. The Balaban J connectivity index is 1.47. The fourth-order valence-electron chi connectivity index (χ4n) is 3.37. The van der Waals surface area contributed by atoms with E-state index in [0.29, 0.717) is 5.02 Å². The number of likely N-dealkylation sites (tertiary alicyclic amines) is 1. The van der Waals surface area contributed by atoms with Crippen LogP contribution in [0.4, 0.5) is 0 Å². The lowest BCUT2D eigenvalue weighted by atomic mass is 10.0. The molecule has 3 rings (SSSR count). The largest absolute Gasteiger partial charge is 0.352 e. The quantitative estimate of drug-likeness (QED) is 0.701. The number of benzene rings is 2. The average molecular weight is 436 g/mol. The van der Waals surface area contributed by atoms with E-state index in [1.54, 1.807) is 6.92 Å². The molecule has 29 heavy (non-hydrogen) atoms. The van der Waals surface area contributed by atoms with Crippen LogP contribution < -0.4 is 10.0 Å². The van der Waals surface area contributed by atoms with Crippen LogP contribution in [0.3, 0.4) is 0 Å². The van der Waals surface area contributed by atoms with E-state index < -0.39 is 16.1 Å². The van der Waals surface area contributed by atoms with E-state index in [1.165, 1.54) is 29.8 Å². The summed E-state index contributed by atoms with van der Waals surface area (Å²) in [6.45, 7) is 4.24. The van der Waals surface area contributed by atoms with Crippen LogP contribution in [0, 0.1) is 0 Å². The van der Waals surface area contributed by atoms with Crippen molar-refractivity contribution in [3.8, 4) is 0 Å². The van der Waals surface area contributed by atoms with Crippen LogP contribution in [0.2, 0.25) is 5.02 Å². The Morgan fingerprint density at radius 3 is 2.34 bits per heavy atom. The molecule has 156 valence electrons. The highest BCUT2D eigenvalue weighted by Gasteiger charge is 2.26. The molecule has 1 amide bonds. The molecule has 2 aromatic rings. The van der Waals surface area contributed by atoms with Crippen molar-refractivity contribution in [1.29, 1.82) is 0 Å². The van der Waals surface area contributed by atoms with Crippen molar-refractivity contribution in [1.82, 2.24) is 14.9 Å². The van der Waals surface area contributed by atoms with Gasteiger partial charge in [-0.2, -0.15) is 4.72 Å². The Morgan fingerprint density at radius 1 is 1.10 bits per heavy atom. The van der Waals surface area contributed by atoms with Crippen LogP contribution in [0.15, 0.2) is 59.5 Å². The van der Waals surface area contributed by atoms with Crippen molar-refractivity contribution in [2.24, 2.45) is 0 Å². The van der Waals surface area contributed by atoms with Crippen molar-refractivity contribution in [2.75, 3.05) is 13.1 Å². The number of halogens is 1. The standard InChI is InChI=1S/C21H26ClN3O3S/c1-16(24-29(27,28)20-9-7-18(22)8-10-20)21(26)23-19-11-13-25(14-12-19)15-17-5-3-2-4-6-17/h2-10,16,19,24H,11-15H2,1H3,(H,23,26)/t16-/m0/s1. The zero-order valence-corrected chi connectivity index (χ0v) is 17.9.